The van der Waals surface area contributed by atoms with E-state index in [1.54, 1.807) is 12.1 Å². The molecular formula is C44H63NO3S. The summed E-state index contributed by atoms with van der Waals surface area (Å²) in [6.07, 6.45) is 19.3. The van der Waals surface area contributed by atoms with Crippen LogP contribution in [0.15, 0.2) is 54.6 Å². The number of carboxylic acids is 1. The van der Waals surface area contributed by atoms with Crippen LogP contribution in [0.25, 0.3) is 5.57 Å². The second kappa shape index (κ2) is 12.0. The average Bonchev–Trinajstić information content (AvgIpc) is 3.42. The van der Waals surface area contributed by atoms with Crippen molar-refractivity contribution < 1.29 is 14.1 Å². The standard InChI is InChI=1S/C44H63NO3S/c1-30(2)33-16-22-44(19-9-25-45-26-28-49(8,48)29-27-45)24-23-42(6)35(38(33)44)14-15-37-41(5)20-17-34(31-10-12-32(13-11-31)39(46)47)40(3,4)36(41)18-21-43(37,42)7/h9-13,17,19,33,35-38H,1,8,14-16,18,20-29H2,2-7H3,(H,46,47)/b19-9+/t33-,35+,36-,37+,38+,41-,42+,43+,44+/m0/s1. The maximum absolute atomic E-state index is 12.5. The molecule has 1 N–H and O–H groups in total. The summed E-state index contributed by atoms with van der Waals surface area (Å²) in [6.45, 7) is 22.8. The molecule has 268 valence electrons. The lowest BCUT2D eigenvalue weighted by Crippen LogP contribution is -2.65. The molecule has 0 aromatic heterocycles. The zero-order valence-corrected chi connectivity index (χ0v) is 32.2. The van der Waals surface area contributed by atoms with E-state index in [9.17, 15) is 14.1 Å². The number of allylic oxidation sites excluding steroid dienone is 4. The van der Waals surface area contributed by atoms with Crippen LogP contribution >= 0.6 is 0 Å². The average molecular weight is 686 g/mol. The Morgan fingerprint density at radius 2 is 1.63 bits per heavy atom. The van der Waals surface area contributed by atoms with Gasteiger partial charge in [-0.25, -0.2) is 4.79 Å². The molecule has 0 amide bonds. The highest BCUT2D eigenvalue weighted by molar-refractivity contribution is 8.00. The summed E-state index contributed by atoms with van der Waals surface area (Å²) in [6, 6.07) is 7.62. The first kappa shape index (κ1) is 35.3. The van der Waals surface area contributed by atoms with Gasteiger partial charge >= 0.3 is 5.97 Å². The van der Waals surface area contributed by atoms with E-state index in [4.69, 9.17) is 0 Å². The highest BCUT2D eigenvalue weighted by Crippen LogP contribution is 2.78. The first-order chi connectivity index (χ1) is 23.0. The molecule has 0 bridgehead atoms. The first-order valence-electron chi connectivity index (χ1n) is 19.4. The predicted octanol–water partition coefficient (Wildman–Crippen LogP) is 9.62. The minimum atomic E-state index is -1.86. The van der Waals surface area contributed by atoms with E-state index in [2.05, 4.69) is 77.1 Å². The van der Waals surface area contributed by atoms with E-state index in [0.717, 1.165) is 43.5 Å². The molecule has 0 spiro atoms. The predicted molar refractivity (Wildman–Crippen MR) is 206 cm³/mol. The van der Waals surface area contributed by atoms with E-state index in [1.807, 2.05) is 12.1 Å². The van der Waals surface area contributed by atoms with Gasteiger partial charge in [0, 0.05) is 31.1 Å². The van der Waals surface area contributed by atoms with Crippen LogP contribution in [0.2, 0.25) is 0 Å². The molecule has 5 heteroatoms. The molecule has 1 heterocycles. The third-order valence-electron chi connectivity index (χ3n) is 16.5. The van der Waals surface area contributed by atoms with E-state index in [1.165, 1.54) is 68.1 Å². The van der Waals surface area contributed by atoms with Crippen molar-refractivity contribution in [3.05, 3.63) is 65.8 Å². The van der Waals surface area contributed by atoms with E-state index in [0.29, 0.717) is 40.1 Å². The van der Waals surface area contributed by atoms with Crippen molar-refractivity contribution in [3.63, 3.8) is 0 Å². The molecule has 1 aromatic carbocycles. The van der Waals surface area contributed by atoms with Crippen molar-refractivity contribution in [2.75, 3.05) is 31.1 Å². The van der Waals surface area contributed by atoms with Crippen LogP contribution in [-0.4, -0.2) is 57.2 Å². The number of carbonyl (C=O) groups is 1. The van der Waals surface area contributed by atoms with Crippen LogP contribution in [0, 0.1) is 56.7 Å². The van der Waals surface area contributed by atoms with Gasteiger partial charge in [0.25, 0.3) is 0 Å². The Hall–Kier alpha value is -2.11. The second-order valence-corrected chi connectivity index (χ2v) is 21.7. The third-order valence-corrected chi connectivity index (χ3v) is 18.4. The van der Waals surface area contributed by atoms with Gasteiger partial charge in [-0.2, -0.15) is 0 Å². The van der Waals surface area contributed by atoms with Crippen molar-refractivity contribution in [2.24, 2.45) is 56.7 Å². The van der Waals surface area contributed by atoms with E-state index < -0.39 is 15.5 Å². The van der Waals surface area contributed by atoms with Crippen LogP contribution in [0.1, 0.15) is 115 Å². The Morgan fingerprint density at radius 3 is 2.29 bits per heavy atom. The molecule has 4 saturated carbocycles. The second-order valence-electron chi connectivity index (χ2n) is 18.9. The lowest BCUT2D eigenvalue weighted by Gasteiger charge is -2.72. The molecule has 1 saturated heterocycles. The summed E-state index contributed by atoms with van der Waals surface area (Å²) in [4.78, 5) is 14.0. The number of carboxylic acid groups (broad SMARTS) is 1. The lowest BCUT2D eigenvalue weighted by atomic mass is 9.32. The fourth-order valence-corrected chi connectivity index (χ4v) is 15.2. The molecule has 0 unspecified atom stereocenters. The minimum Gasteiger partial charge on any atom is -0.478 e. The smallest absolute Gasteiger partial charge is 0.335 e. The van der Waals surface area contributed by atoms with Crippen LogP contribution in [0.3, 0.4) is 0 Å². The van der Waals surface area contributed by atoms with Gasteiger partial charge < -0.3 is 5.11 Å². The van der Waals surface area contributed by atoms with E-state index >= 15 is 0 Å². The van der Waals surface area contributed by atoms with Gasteiger partial charge in [-0.3, -0.25) is 9.11 Å². The summed E-state index contributed by atoms with van der Waals surface area (Å²) in [5, 5.41) is 9.49. The normalized spacial score (nSPS) is 42.7. The Labute approximate surface area is 297 Å². The number of benzene rings is 1. The highest BCUT2D eigenvalue weighted by Gasteiger charge is 2.70. The number of nitrogens with zero attached hydrogens (tertiary/aromatic N) is 1. The number of fused-ring (bicyclic) bond motifs is 7. The molecule has 6 aliphatic rings. The van der Waals surface area contributed by atoms with Gasteiger partial charge in [0.05, 0.1) is 5.56 Å². The Morgan fingerprint density at radius 1 is 0.939 bits per heavy atom. The number of hydrogen-bond donors (Lipinski definition) is 1. The zero-order chi connectivity index (χ0) is 35.2. The summed E-state index contributed by atoms with van der Waals surface area (Å²) in [5.74, 6) is 7.89. The highest BCUT2D eigenvalue weighted by atomic mass is 32.2. The molecule has 7 rings (SSSR count). The molecular weight excluding hydrogens is 623 g/mol. The van der Waals surface area contributed by atoms with Crippen LogP contribution in [0.4, 0.5) is 0 Å². The molecule has 1 aromatic rings. The number of rotatable bonds is 6. The monoisotopic (exact) mass is 685 g/mol. The van der Waals surface area contributed by atoms with Gasteiger partial charge in [-0.15, -0.1) is 0 Å². The Balaban J connectivity index is 1.17. The quantitative estimate of drug-likeness (QED) is 0.239. The number of aromatic carboxylic acids is 1. The summed E-state index contributed by atoms with van der Waals surface area (Å²) >= 11 is 0. The molecule has 9 atom stereocenters. The van der Waals surface area contributed by atoms with Crippen molar-refractivity contribution in [3.8, 4) is 0 Å². The largest absolute Gasteiger partial charge is 0.478 e. The van der Waals surface area contributed by atoms with Crippen molar-refractivity contribution in [1.82, 2.24) is 4.90 Å². The molecule has 5 fully saturated rings. The van der Waals surface area contributed by atoms with Crippen LogP contribution in [-0.2, 0) is 9.52 Å². The molecule has 4 nitrogen and oxygen atoms in total. The summed E-state index contributed by atoms with van der Waals surface area (Å²) in [5.41, 5.74) is 5.52. The molecule has 5 aliphatic carbocycles. The van der Waals surface area contributed by atoms with Crippen LogP contribution < -0.4 is 0 Å². The van der Waals surface area contributed by atoms with Crippen molar-refractivity contribution >= 4 is 26.9 Å². The lowest BCUT2D eigenvalue weighted by molar-refractivity contribution is -0.221. The van der Waals surface area contributed by atoms with E-state index in [-0.39, 0.29) is 16.2 Å². The Bertz CT molecular complexity index is 1660. The maximum atomic E-state index is 12.5. The molecule has 1 aliphatic heterocycles. The maximum Gasteiger partial charge on any atom is 0.335 e. The third kappa shape index (κ3) is 5.40. The fraction of sp³-hybridized carbons (Fsp3) is 0.682. The molecule has 0 radical (unpaired) electrons. The SMILES string of the molecule is C=C(C)[C@@H]1CC[C@]2(/C=C/CN3CCS(=C)(=O)CC3)CC[C@]3(C)[C@H](CC[C@@H]4[C@@]5(C)CC=C(c6ccc(C(=O)O)cc6)C(C)(C)[C@@H]5CC[C@]43C)[C@@H]12. The molecule has 49 heavy (non-hydrogen) atoms. The van der Waals surface area contributed by atoms with Crippen molar-refractivity contribution in [2.45, 2.75) is 99.3 Å². The van der Waals surface area contributed by atoms with Gasteiger partial charge in [0.1, 0.15) is 0 Å². The Kier molecular flexibility index (Phi) is 8.62. The minimum absolute atomic E-state index is 0.0261. The zero-order valence-electron chi connectivity index (χ0n) is 31.4. The van der Waals surface area contributed by atoms with Gasteiger partial charge in [-0.1, -0.05) is 77.1 Å². The fourth-order valence-electron chi connectivity index (χ4n) is 13.8. The first-order valence-corrected chi connectivity index (χ1v) is 21.5. The summed E-state index contributed by atoms with van der Waals surface area (Å²) in [7, 11) is -1.86. The number of hydrogen-bond acceptors (Lipinski definition) is 3. The summed E-state index contributed by atoms with van der Waals surface area (Å²) < 4.78 is 12.5. The van der Waals surface area contributed by atoms with Crippen molar-refractivity contribution in [1.29, 1.82) is 0 Å². The van der Waals surface area contributed by atoms with Gasteiger partial charge in [0.2, 0.25) is 0 Å². The van der Waals surface area contributed by atoms with Gasteiger partial charge in [0.15, 0.2) is 0 Å². The topological polar surface area (TPSA) is 57.6 Å². The van der Waals surface area contributed by atoms with Gasteiger partial charge in [-0.05, 0) is 160 Å². The van der Waals surface area contributed by atoms with Crippen LogP contribution in [0.5, 0.6) is 0 Å².